The maximum atomic E-state index is 9.50. The van der Waals surface area contributed by atoms with Crippen molar-refractivity contribution in [1.29, 1.82) is 5.26 Å². The number of nitriles is 1. The first-order valence-electron chi connectivity index (χ1n) is 7.19. The van der Waals surface area contributed by atoms with Crippen molar-refractivity contribution in [3.05, 3.63) is 48.3 Å². The predicted molar refractivity (Wildman–Crippen MR) is 94.2 cm³/mol. The average molecular weight is 322 g/mol. The molecule has 0 aliphatic carbocycles. The summed E-state index contributed by atoms with van der Waals surface area (Å²) in [6.45, 7) is 4.00. The van der Waals surface area contributed by atoms with Crippen LogP contribution >= 0.6 is 0 Å². The maximum Gasteiger partial charge on any atom is 0.230 e. The standard InChI is InChI=1S/C17H18N6O/c1-4-9-24-14-8-6-5-7-12(14)10-13(11-18)15-20-16(19)22-17(21-15)23(2)3/h4-8,10H,1,9H2,2-3H3,(H2,19,20,21,22). The minimum Gasteiger partial charge on any atom is -0.489 e. The molecule has 0 aliphatic heterocycles. The van der Waals surface area contributed by atoms with Crippen molar-refractivity contribution in [3.8, 4) is 11.8 Å². The number of aromatic nitrogens is 3. The van der Waals surface area contributed by atoms with Gasteiger partial charge in [-0.15, -0.1) is 0 Å². The van der Waals surface area contributed by atoms with Crippen LogP contribution in [0.5, 0.6) is 5.75 Å². The maximum absolute atomic E-state index is 9.50. The summed E-state index contributed by atoms with van der Waals surface area (Å²) in [5.74, 6) is 1.29. The van der Waals surface area contributed by atoms with Gasteiger partial charge in [-0.3, -0.25) is 0 Å². The second kappa shape index (κ2) is 7.74. The van der Waals surface area contributed by atoms with Gasteiger partial charge in [-0.1, -0.05) is 30.9 Å². The second-order valence-electron chi connectivity index (χ2n) is 5.02. The van der Waals surface area contributed by atoms with E-state index in [1.165, 1.54) is 0 Å². The number of ether oxygens (including phenoxy) is 1. The fourth-order valence-electron chi connectivity index (χ4n) is 1.88. The highest BCUT2D eigenvalue weighted by Gasteiger charge is 2.12. The van der Waals surface area contributed by atoms with Gasteiger partial charge in [0.1, 0.15) is 18.4 Å². The molecule has 0 aliphatic rings. The number of nitrogens with two attached hydrogens (primary N) is 1. The van der Waals surface area contributed by atoms with E-state index in [-0.39, 0.29) is 17.3 Å². The molecule has 122 valence electrons. The lowest BCUT2D eigenvalue weighted by molar-refractivity contribution is 0.362. The molecule has 0 bridgehead atoms. The Bertz CT molecular complexity index is 807. The van der Waals surface area contributed by atoms with Crippen LogP contribution in [0.3, 0.4) is 0 Å². The summed E-state index contributed by atoms with van der Waals surface area (Å²) in [6.07, 6.45) is 3.31. The molecule has 24 heavy (non-hydrogen) atoms. The summed E-state index contributed by atoms with van der Waals surface area (Å²) < 4.78 is 5.60. The summed E-state index contributed by atoms with van der Waals surface area (Å²) in [5.41, 5.74) is 6.72. The zero-order valence-electron chi connectivity index (χ0n) is 13.6. The van der Waals surface area contributed by atoms with Crippen LogP contribution in [0.2, 0.25) is 0 Å². The van der Waals surface area contributed by atoms with E-state index in [0.717, 1.165) is 5.56 Å². The largest absolute Gasteiger partial charge is 0.489 e. The first kappa shape index (κ1) is 17.0. The minimum atomic E-state index is 0.0565. The SMILES string of the molecule is C=CCOc1ccccc1C=C(C#N)c1nc(N)nc(N(C)C)n1. The van der Waals surface area contributed by atoms with E-state index in [9.17, 15) is 5.26 Å². The fraction of sp³-hybridized carbons (Fsp3) is 0.176. The molecule has 7 heteroatoms. The van der Waals surface area contributed by atoms with Crippen LogP contribution in [0.1, 0.15) is 11.4 Å². The highest BCUT2D eigenvalue weighted by atomic mass is 16.5. The van der Waals surface area contributed by atoms with E-state index in [4.69, 9.17) is 10.5 Å². The van der Waals surface area contributed by atoms with Crippen molar-refractivity contribution in [2.24, 2.45) is 0 Å². The highest BCUT2D eigenvalue weighted by molar-refractivity contribution is 5.88. The van der Waals surface area contributed by atoms with Crippen LogP contribution in [-0.4, -0.2) is 35.7 Å². The van der Waals surface area contributed by atoms with Gasteiger partial charge in [0.15, 0.2) is 5.82 Å². The first-order valence-corrected chi connectivity index (χ1v) is 7.19. The van der Waals surface area contributed by atoms with Gasteiger partial charge in [0, 0.05) is 19.7 Å². The van der Waals surface area contributed by atoms with Crippen LogP contribution < -0.4 is 15.4 Å². The third-order valence-corrected chi connectivity index (χ3v) is 2.98. The molecule has 1 aromatic carbocycles. The molecule has 0 unspecified atom stereocenters. The summed E-state index contributed by atoms with van der Waals surface area (Å²) >= 11 is 0. The van der Waals surface area contributed by atoms with Crippen LogP contribution in [0.15, 0.2) is 36.9 Å². The van der Waals surface area contributed by atoms with Crippen LogP contribution in [0.4, 0.5) is 11.9 Å². The zero-order valence-corrected chi connectivity index (χ0v) is 13.6. The molecule has 7 nitrogen and oxygen atoms in total. The molecule has 1 aromatic heterocycles. The molecule has 0 atom stereocenters. The molecule has 0 spiro atoms. The molecule has 0 amide bonds. The Morgan fingerprint density at radius 3 is 2.75 bits per heavy atom. The Morgan fingerprint density at radius 1 is 1.33 bits per heavy atom. The van der Waals surface area contributed by atoms with Gasteiger partial charge in [0.2, 0.25) is 11.9 Å². The van der Waals surface area contributed by atoms with E-state index >= 15 is 0 Å². The van der Waals surface area contributed by atoms with Crippen molar-refractivity contribution in [2.75, 3.05) is 31.3 Å². The second-order valence-corrected chi connectivity index (χ2v) is 5.02. The van der Waals surface area contributed by atoms with Gasteiger partial charge < -0.3 is 15.4 Å². The van der Waals surface area contributed by atoms with E-state index in [0.29, 0.717) is 18.3 Å². The van der Waals surface area contributed by atoms with Crippen LogP contribution in [0, 0.1) is 11.3 Å². The van der Waals surface area contributed by atoms with E-state index < -0.39 is 0 Å². The first-order chi connectivity index (χ1) is 11.5. The number of hydrogen-bond acceptors (Lipinski definition) is 7. The molecule has 2 N–H and O–H groups in total. The quantitative estimate of drug-likeness (QED) is 0.642. The molecule has 0 saturated heterocycles. The lowest BCUT2D eigenvalue weighted by Gasteiger charge is -2.11. The number of hydrogen-bond donors (Lipinski definition) is 1. The number of nitrogen functional groups attached to an aromatic ring is 1. The van der Waals surface area contributed by atoms with Crippen LogP contribution in [-0.2, 0) is 0 Å². The van der Waals surface area contributed by atoms with Gasteiger partial charge in [-0.05, 0) is 12.1 Å². The van der Waals surface area contributed by atoms with Crippen molar-refractivity contribution in [3.63, 3.8) is 0 Å². The number of nitrogens with zero attached hydrogens (tertiary/aromatic N) is 5. The summed E-state index contributed by atoms with van der Waals surface area (Å²) in [4.78, 5) is 14.0. The van der Waals surface area contributed by atoms with Crippen molar-refractivity contribution in [1.82, 2.24) is 15.0 Å². The average Bonchev–Trinajstić information content (AvgIpc) is 2.58. The van der Waals surface area contributed by atoms with Gasteiger partial charge >= 0.3 is 0 Å². The fourth-order valence-corrected chi connectivity index (χ4v) is 1.88. The van der Waals surface area contributed by atoms with Crippen molar-refractivity contribution in [2.45, 2.75) is 0 Å². The minimum absolute atomic E-state index is 0.0565. The predicted octanol–water partition coefficient (Wildman–Crippen LogP) is 2.15. The van der Waals surface area contributed by atoms with Gasteiger partial charge in [-0.25, -0.2) is 0 Å². The van der Waals surface area contributed by atoms with Gasteiger partial charge in [0.25, 0.3) is 0 Å². The lowest BCUT2D eigenvalue weighted by atomic mass is 10.1. The lowest BCUT2D eigenvalue weighted by Crippen LogP contribution is -2.15. The van der Waals surface area contributed by atoms with Crippen LogP contribution in [0.25, 0.3) is 11.6 Å². The smallest absolute Gasteiger partial charge is 0.230 e. The Labute approximate surface area is 140 Å². The Morgan fingerprint density at radius 2 is 2.08 bits per heavy atom. The molecule has 0 saturated carbocycles. The summed E-state index contributed by atoms with van der Waals surface area (Å²) in [6, 6.07) is 9.47. The van der Waals surface area contributed by atoms with Crippen molar-refractivity contribution < 1.29 is 4.74 Å². The molecule has 2 rings (SSSR count). The monoisotopic (exact) mass is 322 g/mol. The Hall–Kier alpha value is -3.40. The zero-order chi connectivity index (χ0) is 17.5. The van der Waals surface area contributed by atoms with Crippen molar-refractivity contribution >= 4 is 23.5 Å². The molecule has 2 aromatic rings. The number of anilines is 2. The molecular formula is C17H18N6O. The molecule has 0 radical (unpaired) electrons. The highest BCUT2D eigenvalue weighted by Crippen LogP contribution is 2.24. The summed E-state index contributed by atoms with van der Waals surface area (Å²) in [5, 5.41) is 9.50. The number of rotatable bonds is 6. The molecule has 1 heterocycles. The van der Waals surface area contributed by atoms with Gasteiger partial charge in [0.05, 0.1) is 5.57 Å². The third kappa shape index (κ3) is 4.08. The topological polar surface area (TPSA) is 101 Å². The van der Waals surface area contributed by atoms with Gasteiger partial charge in [-0.2, -0.15) is 20.2 Å². The number of para-hydroxylation sites is 1. The molecule has 0 fully saturated rings. The Balaban J connectivity index is 2.48. The Kier molecular flexibility index (Phi) is 5.47. The van der Waals surface area contributed by atoms with E-state index in [2.05, 4.69) is 27.6 Å². The normalized spacial score (nSPS) is 10.8. The summed E-state index contributed by atoms with van der Waals surface area (Å²) in [7, 11) is 3.57. The third-order valence-electron chi connectivity index (χ3n) is 2.98. The number of allylic oxidation sites excluding steroid dienone is 1. The van der Waals surface area contributed by atoms with E-state index in [1.807, 2.05) is 24.3 Å². The van der Waals surface area contributed by atoms with E-state index in [1.54, 1.807) is 31.1 Å². The molecular weight excluding hydrogens is 304 g/mol. The number of benzene rings is 1.